The van der Waals surface area contributed by atoms with Gasteiger partial charge in [0.25, 0.3) is 5.91 Å². The van der Waals surface area contributed by atoms with Gasteiger partial charge < -0.3 is 10.0 Å². The summed E-state index contributed by atoms with van der Waals surface area (Å²) in [5, 5.41) is 9.20. The molecule has 1 aliphatic rings. The maximum atomic E-state index is 12.6. The van der Waals surface area contributed by atoms with Crippen molar-refractivity contribution in [3.8, 4) is 5.69 Å². The van der Waals surface area contributed by atoms with Crippen LogP contribution in [0, 0.1) is 0 Å². The molecule has 1 fully saturated rings. The molecule has 2 heterocycles. The average Bonchev–Trinajstić information content (AvgIpc) is 3.16. The van der Waals surface area contributed by atoms with Gasteiger partial charge >= 0.3 is 5.97 Å². The molecule has 1 aliphatic heterocycles. The summed E-state index contributed by atoms with van der Waals surface area (Å²) in [5.74, 6) is -1.24. The van der Waals surface area contributed by atoms with E-state index in [2.05, 4.69) is 4.98 Å². The van der Waals surface area contributed by atoms with Crippen molar-refractivity contribution in [2.45, 2.75) is 18.9 Å². The number of carboxylic acid groups (broad SMARTS) is 1. The van der Waals surface area contributed by atoms with Gasteiger partial charge in [-0.1, -0.05) is 18.2 Å². The molecule has 1 N–H and O–H groups in total. The topological polar surface area (TPSA) is 75.4 Å². The predicted molar refractivity (Wildman–Crippen MR) is 75.3 cm³/mol. The molecule has 0 bridgehead atoms. The number of carbonyl (C=O) groups excluding carboxylic acids is 1. The van der Waals surface area contributed by atoms with E-state index >= 15 is 0 Å². The van der Waals surface area contributed by atoms with E-state index < -0.39 is 12.0 Å². The predicted octanol–water partition coefficient (Wildman–Crippen LogP) is 1.56. The number of hydrogen-bond acceptors (Lipinski definition) is 3. The lowest BCUT2D eigenvalue weighted by Crippen LogP contribution is -2.41. The molecule has 6 nitrogen and oxygen atoms in total. The fraction of sp³-hybridized carbons (Fsp3) is 0.267. The van der Waals surface area contributed by atoms with Crippen molar-refractivity contribution in [1.29, 1.82) is 0 Å². The lowest BCUT2D eigenvalue weighted by Gasteiger charge is -2.21. The number of likely N-dealkylation sites (tertiary alicyclic amines) is 1. The second kappa shape index (κ2) is 5.40. The molecule has 2 aromatic rings. The van der Waals surface area contributed by atoms with E-state index in [1.165, 1.54) is 11.1 Å². The first-order valence-corrected chi connectivity index (χ1v) is 6.80. The van der Waals surface area contributed by atoms with E-state index in [9.17, 15) is 14.7 Å². The molecule has 0 radical (unpaired) electrons. The highest BCUT2D eigenvalue weighted by atomic mass is 16.4. The van der Waals surface area contributed by atoms with Crippen molar-refractivity contribution in [1.82, 2.24) is 14.5 Å². The largest absolute Gasteiger partial charge is 0.480 e. The smallest absolute Gasteiger partial charge is 0.326 e. The Labute approximate surface area is 121 Å². The summed E-state index contributed by atoms with van der Waals surface area (Å²) in [6.07, 6.45) is 4.25. The van der Waals surface area contributed by atoms with Crippen LogP contribution in [0.3, 0.4) is 0 Å². The maximum absolute atomic E-state index is 12.6. The van der Waals surface area contributed by atoms with Gasteiger partial charge in [0.2, 0.25) is 0 Å². The number of nitrogens with zero attached hydrogens (tertiary/aromatic N) is 3. The van der Waals surface area contributed by atoms with Crippen molar-refractivity contribution in [2.75, 3.05) is 6.54 Å². The fourth-order valence-electron chi connectivity index (χ4n) is 2.66. The summed E-state index contributed by atoms with van der Waals surface area (Å²) in [6, 6.07) is 8.65. The SMILES string of the molecule is O=C(O)[C@H]1CCCN1C(=O)c1cncn1-c1ccccc1. The third kappa shape index (κ3) is 2.40. The minimum Gasteiger partial charge on any atom is -0.480 e. The van der Waals surface area contributed by atoms with E-state index in [4.69, 9.17) is 0 Å². The van der Waals surface area contributed by atoms with Crippen molar-refractivity contribution in [3.05, 3.63) is 48.5 Å². The lowest BCUT2D eigenvalue weighted by atomic mass is 10.2. The van der Waals surface area contributed by atoms with Crippen LogP contribution in [-0.4, -0.2) is 44.0 Å². The standard InChI is InChI=1S/C15H15N3O3/c19-14(17-8-4-7-12(17)15(20)21)13-9-16-10-18(13)11-5-2-1-3-6-11/h1-3,5-6,9-10,12H,4,7-8H2,(H,20,21)/t12-/m1/s1. The number of amides is 1. The van der Waals surface area contributed by atoms with Gasteiger partial charge in [-0.2, -0.15) is 0 Å². The van der Waals surface area contributed by atoms with Crippen LogP contribution in [-0.2, 0) is 4.79 Å². The molecular weight excluding hydrogens is 270 g/mol. The summed E-state index contributed by atoms with van der Waals surface area (Å²) in [7, 11) is 0. The minimum absolute atomic E-state index is 0.291. The lowest BCUT2D eigenvalue weighted by molar-refractivity contribution is -0.141. The Kier molecular flexibility index (Phi) is 3.43. The molecule has 0 saturated carbocycles. The molecular formula is C15H15N3O3. The first kappa shape index (κ1) is 13.4. The van der Waals surface area contributed by atoms with Gasteiger partial charge in [0.1, 0.15) is 11.7 Å². The first-order valence-electron chi connectivity index (χ1n) is 6.80. The molecule has 1 aromatic heterocycles. The number of carboxylic acids is 1. The Morgan fingerprint density at radius 1 is 1.24 bits per heavy atom. The quantitative estimate of drug-likeness (QED) is 0.928. The number of hydrogen-bond donors (Lipinski definition) is 1. The molecule has 1 saturated heterocycles. The Hall–Kier alpha value is -2.63. The second-order valence-corrected chi connectivity index (χ2v) is 4.98. The summed E-state index contributed by atoms with van der Waals surface area (Å²) in [6.45, 7) is 0.468. The van der Waals surface area contributed by atoms with E-state index in [-0.39, 0.29) is 5.91 Å². The molecule has 1 amide bonds. The van der Waals surface area contributed by atoms with Crippen LogP contribution in [0.5, 0.6) is 0 Å². The Balaban J connectivity index is 1.93. The fourth-order valence-corrected chi connectivity index (χ4v) is 2.66. The second-order valence-electron chi connectivity index (χ2n) is 4.98. The Morgan fingerprint density at radius 3 is 2.71 bits per heavy atom. The zero-order chi connectivity index (χ0) is 14.8. The van der Waals surface area contributed by atoms with E-state index in [1.807, 2.05) is 30.3 Å². The van der Waals surface area contributed by atoms with Crippen LogP contribution in [0.25, 0.3) is 5.69 Å². The summed E-state index contributed by atoms with van der Waals surface area (Å²) in [5.41, 5.74) is 1.21. The van der Waals surface area contributed by atoms with Gasteiger partial charge in [0.05, 0.1) is 12.5 Å². The molecule has 3 rings (SSSR count). The normalized spacial score (nSPS) is 17.9. The van der Waals surface area contributed by atoms with Crippen molar-refractivity contribution >= 4 is 11.9 Å². The van der Waals surface area contributed by atoms with Crippen LogP contribution in [0.1, 0.15) is 23.3 Å². The number of carbonyl (C=O) groups is 2. The van der Waals surface area contributed by atoms with Crippen LogP contribution < -0.4 is 0 Å². The monoisotopic (exact) mass is 285 g/mol. The van der Waals surface area contributed by atoms with Gasteiger partial charge in [-0.3, -0.25) is 9.36 Å². The zero-order valence-corrected chi connectivity index (χ0v) is 11.3. The summed E-state index contributed by atoms with van der Waals surface area (Å²) < 4.78 is 1.68. The third-order valence-electron chi connectivity index (χ3n) is 3.69. The number of aromatic nitrogens is 2. The minimum atomic E-state index is -0.952. The molecule has 1 atom stereocenters. The summed E-state index contributed by atoms with van der Waals surface area (Å²) >= 11 is 0. The van der Waals surface area contributed by atoms with Crippen LogP contribution in [0.15, 0.2) is 42.9 Å². The van der Waals surface area contributed by atoms with Gasteiger partial charge in [-0.05, 0) is 25.0 Å². The molecule has 1 aromatic carbocycles. The molecule has 108 valence electrons. The van der Waals surface area contributed by atoms with E-state index in [1.54, 1.807) is 10.9 Å². The number of benzene rings is 1. The molecule has 21 heavy (non-hydrogen) atoms. The van der Waals surface area contributed by atoms with Gasteiger partial charge in [-0.15, -0.1) is 0 Å². The number of para-hydroxylation sites is 1. The van der Waals surface area contributed by atoms with Crippen LogP contribution >= 0.6 is 0 Å². The number of rotatable bonds is 3. The third-order valence-corrected chi connectivity index (χ3v) is 3.69. The van der Waals surface area contributed by atoms with Crippen molar-refractivity contribution in [2.24, 2.45) is 0 Å². The van der Waals surface area contributed by atoms with Gasteiger partial charge in [0.15, 0.2) is 0 Å². The molecule has 0 aliphatic carbocycles. The summed E-state index contributed by atoms with van der Waals surface area (Å²) in [4.78, 5) is 29.3. The molecule has 0 spiro atoms. The zero-order valence-electron chi connectivity index (χ0n) is 11.3. The van der Waals surface area contributed by atoms with Crippen LogP contribution in [0.4, 0.5) is 0 Å². The Morgan fingerprint density at radius 2 is 2.00 bits per heavy atom. The average molecular weight is 285 g/mol. The Bertz CT molecular complexity index is 666. The van der Waals surface area contributed by atoms with E-state index in [0.717, 1.165) is 5.69 Å². The highest BCUT2D eigenvalue weighted by Gasteiger charge is 2.35. The first-order chi connectivity index (χ1) is 10.2. The number of aliphatic carboxylic acids is 1. The van der Waals surface area contributed by atoms with Crippen LogP contribution in [0.2, 0.25) is 0 Å². The van der Waals surface area contributed by atoms with Gasteiger partial charge in [-0.25, -0.2) is 9.78 Å². The molecule has 6 heteroatoms. The highest BCUT2D eigenvalue weighted by Crippen LogP contribution is 2.21. The maximum Gasteiger partial charge on any atom is 0.326 e. The molecule has 0 unspecified atom stereocenters. The highest BCUT2D eigenvalue weighted by molar-refractivity contribution is 5.96. The van der Waals surface area contributed by atoms with Gasteiger partial charge in [0, 0.05) is 12.2 Å². The number of imidazole rings is 1. The van der Waals surface area contributed by atoms with Crippen molar-refractivity contribution < 1.29 is 14.7 Å². The van der Waals surface area contributed by atoms with Crippen molar-refractivity contribution in [3.63, 3.8) is 0 Å². The van der Waals surface area contributed by atoms with E-state index in [0.29, 0.717) is 25.1 Å².